The van der Waals surface area contributed by atoms with Gasteiger partial charge >= 0.3 is 0 Å². The molecule has 0 spiro atoms. The normalized spacial score (nSPS) is 22.9. The number of nitrogens with one attached hydrogen (secondary N) is 1. The lowest BCUT2D eigenvalue weighted by atomic mass is 9.76. The van der Waals surface area contributed by atoms with Crippen molar-refractivity contribution in [3.63, 3.8) is 0 Å². The number of aromatic nitrogens is 1. The van der Waals surface area contributed by atoms with Crippen molar-refractivity contribution in [3.8, 4) is 0 Å². The number of nitrogens with zero attached hydrogens (tertiary/aromatic N) is 1. The van der Waals surface area contributed by atoms with Gasteiger partial charge in [-0.3, -0.25) is 4.98 Å². The Kier molecular flexibility index (Phi) is 5.62. The average molecular weight is 339 g/mol. The van der Waals surface area contributed by atoms with Crippen LogP contribution >= 0.6 is 15.9 Å². The number of hydrogen-bond donors (Lipinski definition) is 1. The summed E-state index contributed by atoms with van der Waals surface area (Å²) in [5.41, 5.74) is 1.66. The summed E-state index contributed by atoms with van der Waals surface area (Å²) in [5.74, 6) is 0.763. The Labute approximate surface area is 131 Å². The van der Waals surface area contributed by atoms with Crippen LogP contribution in [0.3, 0.4) is 0 Å². The number of halogens is 1. The van der Waals surface area contributed by atoms with Crippen LogP contribution in [0.4, 0.5) is 0 Å². The lowest BCUT2D eigenvalue weighted by Gasteiger charge is -2.35. The van der Waals surface area contributed by atoms with E-state index in [1.807, 2.05) is 6.20 Å². The lowest BCUT2D eigenvalue weighted by Crippen LogP contribution is -2.42. The molecular formula is C17H27BrN2. The summed E-state index contributed by atoms with van der Waals surface area (Å²) in [6, 6.07) is 4.80. The van der Waals surface area contributed by atoms with E-state index in [1.54, 1.807) is 0 Å². The van der Waals surface area contributed by atoms with Gasteiger partial charge in [-0.25, -0.2) is 0 Å². The minimum atomic E-state index is 0.459. The number of hydrogen-bond acceptors (Lipinski definition) is 2. The third kappa shape index (κ3) is 4.05. The summed E-state index contributed by atoms with van der Waals surface area (Å²) in [7, 11) is 0. The van der Waals surface area contributed by atoms with Gasteiger partial charge < -0.3 is 5.32 Å². The van der Waals surface area contributed by atoms with E-state index in [-0.39, 0.29) is 0 Å². The van der Waals surface area contributed by atoms with Gasteiger partial charge in [0.1, 0.15) is 0 Å². The largest absolute Gasteiger partial charge is 0.313 e. The minimum absolute atomic E-state index is 0.459. The van der Waals surface area contributed by atoms with Crippen LogP contribution in [0.15, 0.2) is 22.8 Å². The molecule has 0 aliphatic heterocycles. The Morgan fingerprint density at radius 1 is 1.45 bits per heavy atom. The summed E-state index contributed by atoms with van der Waals surface area (Å²) < 4.78 is 1.06. The molecule has 0 aromatic carbocycles. The van der Waals surface area contributed by atoms with Crippen molar-refractivity contribution in [1.29, 1.82) is 0 Å². The molecule has 2 rings (SSSR count). The van der Waals surface area contributed by atoms with Gasteiger partial charge in [0.05, 0.1) is 0 Å². The molecule has 1 aliphatic carbocycles. The van der Waals surface area contributed by atoms with Crippen LogP contribution in [-0.4, -0.2) is 17.6 Å². The fourth-order valence-electron chi connectivity index (χ4n) is 3.54. The molecule has 2 unspecified atom stereocenters. The standard InChI is InChI=1S/C17H27BrN2/c1-4-10-19-16(15-6-5-9-17(15,2)3)11-14-8-7-13(18)12-20-14/h7-8,12,15-16,19H,4-6,9-11H2,1-3H3. The third-order valence-electron chi connectivity index (χ3n) is 4.70. The predicted octanol–water partition coefficient (Wildman–Crippen LogP) is 4.58. The Morgan fingerprint density at radius 3 is 2.80 bits per heavy atom. The molecule has 1 aromatic heterocycles. The molecule has 1 heterocycles. The average Bonchev–Trinajstić information content (AvgIpc) is 2.76. The van der Waals surface area contributed by atoms with Gasteiger partial charge in [-0.15, -0.1) is 0 Å². The lowest BCUT2D eigenvalue weighted by molar-refractivity contribution is 0.195. The first-order chi connectivity index (χ1) is 9.53. The molecule has 0 radical (unpaired) electrons. The van der Waals surface area contributed by atoms with Crippen LogP contribution < -0.4 is 5.32 Å². The number of rotatable bonds is 6. The van der Waals surface area contributed by atoms with Crippen molar-refractivity contribution in [3.05, 3.63) is 28.5 Å². The maximum absolute atomic E-state index is 4.56. The molecule has 1 aromatic rings. The fraction of sp³-hybridized carbons (Fsp3) is 0.706. The minimum Gasteiger partial charge on any atom is -0.313 e. The second-order valence-corrected chi connectivity index (χ2v) is 7.64. The molecule has 1 fully saturated rings. The quantitative estimate of drug-likeness (QED) is 0.820. The fourth-order valence-corrected chi connectivity index (χ4v) is 3.77. The molecule has 112 valence electrons. The molecule has 2 atom stereocenters. The van der Waals surface area contributed by atoms with E-state index >= 15 is 0 Å². The second-order valence-electron chi connectivity index (χ2n) is 6.72. The van der Waals surface area contributed by atoms with Crippen LogP contribution in [0.25, 0.3) is 0 Å². The van der Waals surface area contributed by atoms with Gasteiger partial charge in [0.25, 0.3) is 0 Å². The van der Waals surface area contributed by atoms with E-state index < -0.39 is 0 Å². The summed E-state index contributed by atoms with van der Waals surface area (Å²) >= 11 is 3.46. The van der Waals surface area contributed by atoms with Crippen molar-refractivity contribution < 1.29 is 0 Å². The van der Waals surface area contributed by atoms with Crippen LogP contribution in [0.2, 0.25) is 0 Å². The predicted molar refractivity (Wildman–Crippen MR) is 88.8 cm³/mol. The maximum Gasteiger partial charge on any atom is 0.0420 e. The molecule has 0 bridgehead atoms. The first-order valence-electron chi connectivity index (χ1n) is 7.87. The Balaban J connectivity index is 2.08. The summed E-state index contributed by atoms with van der Waals surface area (Å²) in [5, 5.41) is 3.78. The summed E-state index contributed by atoms with van der Waals surface area (Å²) in [6.45, 7) is 8.20. The SMILES string of the molecule is CCCNC(Cc1ccc(Br)cn1)C1CCCC1(C)C. The zero-order valence-electron chi connectivity index (χ0n) is 13.0. The van der Waals surface area contributed by atoms with Crippen molar-refractivity contribution in [1.82, 2.24) is 10.3 Å². The molecule has 1 saturated carbocycles. The topological polar surface area (TPSA) is 24.9 Å². The van der Waals surface area contributed by atoms with Gasteiger partial charge in [0.2, 0.25) is 0 Å². The van der Waals surface area contributed by atoms with Crippen LogP contribution in [0.5, 0.6) is 0 Å². The monoisotopic (exact) mass is 338 g/mol. The zero-order valence-corrected chi connectivity index (χ0v) is 14.5. The van der Waals surface area contributed by atoms with Gasteiger partial charge in [0.15, 0.2) is 0 Å². The highest BCUT2D eigenvalue weighted by molar-refractivity contribution is 9.10. The van der Waals surface area contributed by atoms with Crippen LogP contribution in [0.1, 0.15) is 52.1 Å². The maximum atomic E-state index is 4.56. The number of pyridine rings is 1. The van der Waals surface area contributed by atoms with E-state index in [0.717, 1.165) is 23.4 Å². The van der Waals surface area contributed by atoms with Gasteiger partial charge in [-0.1, -0.05) is 27.2 Å². The first kappa shape index (κ1) is 16.0. The highest BCUT2D eigenvalue weighted by atomic mass is 79.9. The zero-order chi connectivity index (χ0) is 14.6. The van der Waals surface area contributed by atoms with Crippen LogP contribution in [-0.2, 0) is 6.42 Å². The Morgan fingerprint density at radius 2 is 2.25 bits per heavy atom. The Hall–Kier alpha value is -0.410. The van der Waals surface area contributed by atoms with Crippen molar-refractivity contribution in [2.75, 3.05) is 6.54 Å². The van der Waals surface area contributed by atoms with Gasteiger partial charge in [-0.2, -0.15) is 0 Å². The molecule has 3 heteroatoms. The third-order valence-corrected chi connectivity index (χ3v) is 5.17. The van der Waals surface area contributed by atoms with E-state index in [0.29, 0.717) is 11.5 Å². The molecule has 2 nitrogen and oxygen atoms in total. The summed E-state index contributed by atoms with van der Waals surface area (Å²) in [6.07, 6.45) is 8.22. The highest BCUT2D eigenvalue weighted by Gasteiger charge is 2.39. The molecule has 0 amide bonds. The smallest absolute Gasteiger partial charge is 0.0420 e. The van der Waals surface area contributed by atoms with E-state index in [4.69, 9.17) is 0 Å². The van der Waals surface area contributed by atoms with E-state index in [1.165, 1.54) is 31.4 Å². The Bertz CT molecular complexity index is 414. The molecule has 0 saturated heterocycles. The highest BCUT2D eigenvalue weighted by Crippen LogP contribution is 2.44. The summed E-state index contributed by atoms with van der Waals surface area (Å²) in [4.78, 5) is 4.56. The molecular weight excluding hydrogens is 312 g/mol. The van der Waals surface area contributed by atoms with E-state index in [9.17, 15) is 0 Å². The second kappa shape index (κ2) is 7.04. The van der Waals surface area contributed by atoms with Crippen molar-refractivity contribution in [2.24, 2.45) is 11.3 Å². The van der Waals surface area contributed by atoms with Gasteiger partial charge in [-0.05, 0) is 65.2 Å². The molecule has 20 heavy (non-hydrogen) atoms. The van der Waals surface area contributed by atoms with Gasteiger partial charge in [0, 0.05) is 28.8 Å². The first-order valence-corrected chi connectivity index (χ1v) is 8.66. The molecule has 1 aliphatic rings. The van der Waals surface area contributed by atoms with E-state index in [2.05, 4.69) is 59.1 Å². The molecule has 1 N–H and O–H groups in total. The van der Waals surface area contributed by atoms with Crippen molar-refractivity contribution >= 4 is 15.9 Å². The van der Waals surface area contributed by atoms with Crippen molar-refractivity contribution in [2.45, 2.75) is 58.9 Å². The van der Waals surface area contributed by atoms with Crippen LogP contribution in [0, 0.1) is 11.3 Å².